The maximum atomic E-state index is 5.68. The van der Waals surface area contributed by atoms with Gasteiger partial charge >= 0.3 is 0 Å². The molecule has 1 aromatic rings. The Labute approximate surface area is 100 Å². The van der Waals surface area contributed by atoms with E-state index in [1.54, 1.807) is 6.07 Å². The van der Waals surface area contributed by atoms with E-state index in [0.717, 1.165) is 12.4 Å². The zero-order valence-corrected chi connectivity index (χ0v) is 10.6. The molecule has 1 aromatic heterocycles. The van der Waals surface area contributed by atoms with Crippen molar-refractivity contribution in [2.24, 2.45) is 0 Å². The summed E-state index contributed by atoms with van der Waals surface area (Å²) in [5.41, 5.74) is 5.68. The van der Waals surface area contributed by atoms with Crippen LogP contribution in [-0.4, -0.2) is 27.0 Å². The number of aryl methyl sites for hydroxylation is 1. The number of aromatic nitrogens is 2. The smallest absolute Gasteiger partial charge is 0.131 e. The molecule has 0 radical (unpaired) electrons. The summed E-state index contributed by atoms with van der Waals surface area (Å²) in [6.45, 7) is 5.09. The fraction of sp³-hybridized carbons (Fsp3) is 0.636. The number of thioether (sulfide) groups is 1. The molecule has 0 bridgehead atoms. The molecule has 88 valence electrons. The van der Waals surface area contributed by atoms with Crippen molar-refractivity contribution in [1.82, 2.24) is 9.97 Å². The van der Waals surface area contributed by atoms with Gasteiger partial charge in [0.1, 0.15) is 17.5 Å². The van der Waals surface area contributed by atoms with E-state index >= 15 is 0 Å². The lowest BCUT2D eigenvalue weighted by Gasteiger charge is -2.23. The van der Waals surface area contributed by atoms with Gasteiger partial charge in [-0.1, -0.05) is 0 Å². The first-order valence-electron chi connectivity index (χ1n) is 5.56. The Morgan fingerprint density at radius 3 is 3.00 bits per heavy atom. The molecule has 16 heavy (non-hydrogen) atoms. The van der Waals surface area contributed by atoms with Crippen LogP contribution in [-0.2, 0) is 0 Å². The highest BCUT2D eigenvalue weighted by atomic mass is 32.2. The first-order valence-corrected chi connectivity index (χ1v) is 6.55. The third-order valence-corrected chi connectivity index (χ3v) is 4.34. The number of anilines is 2. The molecular weight excluding hydrogens is 220 g/mol. The van der Waals surface area contributed by atoms with E-state index < -0.39 is 0 Å². The maximum absolute atomic E-state index is 5.68. The van der Waals surface area contributed by atoms with E-state index in [1.807, 2.05) is 18.7 Å². The second-order valence-electron chi connectivity index (χ2n) is 4.48. The lowest BCUT2D eigenvalue weighted by Crippen LogP contribution is -2.27. The summed E-state index contributed by atoms with van der Waals surface area (Å²) in [6.07, 6.45) is 2.58. The van der Waals surface area contributed by atoms with Crippen LogP contribution in [0.25, 0.3) is 0 Å². The number of rotatable bonds is 3. The Balaban J connectivity index is 1.98. The predicted octanol–water partition coefficient (Wildman–Crippen LogP) is 2.06. The fourth-order valence-electron chi connectivity index (χ4n) is 1.94. The van der Waals surface area contributed by atoms with Gasteiger partial charge in [-0.15, -0.1) is 0 Å². The molecule has 4 nitrogen and oxygen atoms in total. The Hall–Kier alpha value is -0.970. The Kier molecular flexibility index (Phi) is 3.23. The second-order valence-corrected chi connectivity index (χ2v) is 6.16. The van der Waals surface area contributed by atoms with Crippen molar-refractivity contribution < 1.29 is 0 Å². The lowest BCUT2D eigenvalue weighted by molar-refractivity contribution is 0.633. The SMILES string of the molecule is Cc1nc(N)cc(NCC2(C)CCCS2)n1. The highest BCUT2D eigenvalue weighted by molar-refractivity contribution is 8.00. The molecule has 0 saturated carbocycles. The lowest BCUT2D eigenvalue weighted by atomic mass is 10.1. The van der Waals surface area contributed by atoms with Crippen molar-refractivity contribution in [3.8, 4) is 0 Å². The van der Waals surface area contributed by atoms with Gasteiger partial charge in [0.25, 0.3) is 0 Å². The molecule has 1 atom stereocenters. The number of hydrogen-bond donors (Lipinski definition) is 2. The first-order chi connectivity index (χ1) is 7.57. The van der Waals surface area contributed by atoms with Crippen LogP contribution in [0.5, 0.6) is 0 Å². The summed E-state index contributed by atoms with van der Waals surface area (Å²) in [6, 6.07) is 1.79. The molecule has 1 unspecified atom stereocenters. The topological polar surface area (TPSA) is 63.8 Å². The van der Waals surface area contributed by atoms with Gasteiger partial charge in [0.2, 0.25) is 0 Å². The van der Waals surface area contributed by atoms with Gasteiger partial charge in [-0.2, -0.15) is 11.8 Å². The largest absolute Gasteiger partial charge is 0.384 e. The van der Waals surface area contributed by atoms with Gasteiger partial charge in [0.15, 0.2) is 0 Å². The van der Waals surface area contributed by atoms with Crippen LogP contribution in [0.3, 0.4) is 0 Å². The molecule has 2 heterocycles. The summed E-state index contributed by atoms with van der Waals surface area (Å²) in [4.78, 5) is 8.37. The van der Waals surface area contributed by atoms with Crippen molar-refractivity contribution in [1.29, 1.82) is 0 Å². The summed E-state index contributed by atoms with van der Waals surface area (Å²) < 4.78 is 0.341. The number of nitrogens with two attached hydrogens (primary N) is 1. The highest BCUT2D eigenvalue weighted by Gasteiger charge is 2.29. The zero-order valence-electron chi connectivity index (χ0n) is 9.79. The van der Waals surface area contributed by atoms with Gasteiger partial charge in [-0.25, -0.2) is 9.97 Å². The van der Waals surface area contributed by atoms with Gasteiger partial charge in [0, 0.05) is 17.4 Å². The van der Waals surface area contributed by atoms with E-state index in [9.17, 15) is 0 Å². The van der Waals surface area contributed by atoms with Crippen LogP contribution in [0.1, 0.15) is 25.6 Å². The molecule has 0 amide bonds. The summed E-state index contributed by atoms with van der Waals surface area (Å²) >= 11 is 2.04. The van der Waals surface area contributed by atoms with E-state index in [1.165, 1.54) is 18.6 Å². The maximum Gasteiger partial charge on any atom is 0.131 e. The summed E-state index contributed by atoms with van der Waals surface area (Å²) in [5, 5.41) is 3.36. The van der Waals surface area contributed by atoms with E-state index in [2.05, 4.69) is 22.2 Å². The van der Waals surface area contributed by atoms with Crippen LogP contribution in [0.2, 0.25) is 0 Å². The van der Waals surface area contributed by atoms with Gasteiger partial charge < -0.3 is 11.1 Å². The molecule has 5 heteroatoms. The highest BCUT2D eigenvalue weighted by Crippen LogP contribution is 2.37. The van der Waals surface area contributed by atoms with Crippen molar-refractivity contribution in [2.45, 2.75) is 31.4 Å². The van der Waals surface area contributed by atoms with Gasteiger partial charge in [-0.3, -0.25) is 0 Å². The molecule has 1 aliphatic heterocycles. The summed E-state index contributed by atoms with van der Waals surface area (Å²) in [7, 11) is 0. The molecule has 0 aromatic carbocycles. The minimum Gasteiger partial charge on any atom is -0.384 e. The quantitative estimate of drug-likeness (QED) is 0.844. The Morgan fingerprint density at radius 2 is 2.38 bits per heavy atom. The Morgan fingerprint density at radius 1 is 1.56 bits per heavy atom. The Bertz CT molecular complexity index is 354. The molecule has 1 fully saturated rings. The second kappa shape index (κ2) is 4.49. The molecule has 0 spiro atoms. The molecular formula is C11H18N4S. The van der Waals surface area contributed by atoms with E-state index in [-0.39, 0.29) is 0 Å². The fourth-order valence-corrected chi connectivity index (χ4v) is 3.18. The number of hydrogen-bond acceptors (Lipinski definition) is 5. The minimum absolute atomic E-state index is 0.341. The zero-order chi connectivity index (χ0) is 11.6. The predicted molar refractivity (Wildman–Crippen MR) is 69.8 cm³/mol. The normalized spacial score (nSPS) is 24.6. The molecule has 2 rings (SSSR count). The van der Waals surface area contributed by atoms with Crippen molar-refractivity contribution in [2.75, 3.05) is 23.3 Å². The third-order valence-electron chi connectivity index (χ3n) is 2.80. The first kappa shape index (κ1) is 11.5. The molecule has 0 aliphatic carbocycles. The molecule has 1 saturated heterocycles. The van der Waals surface area contributed by atoms with Crippen molar-refractivity contribution in [3.63, 3.8) is 0 Å². The van der Waals surface area contributed by atoms with Gasteiger partial charge in [-0.05, 0) is 32.4 Å². The average molecular weight is 238 g/mol. The van der Waals surface area contributed by atoms with Crippen molar-refractivity contribution in [3.05, 3.63) is 11.9 Å². The third kappa shape index (κ3) is 2.78. The van der Waals surface area contributed by atoms with Crippen LogP contribution >= 0.6 is 11.8 Å². The van der Waals surface area contributed by atoms with Crippen LogP contribution in [0.15, 0.2) is 6.07 Å². The van der Waals surface area contributed by atoms with Crippen molar-refractivity contribution >= 4 is 23.4 Å². The molecule has 1 aliphatic rings. The van der Waals surface area contributed by atoms with E-state index in [0.29, 0.717) is 16.4 Å². The standard InChI is InChI=1S/C11H18N4S/c1-8-14-9(12)6-10(15-8)13-7-11(2)4-3-5-16-11/h6H,3-5,7H2,1-2H3,(H3,12,13,14,15). The minimum atomic E-state index is 0.341. The summed E-state index contributed by atoms with van der Waals surface area (Å²) in [5.74, 6) is 3.34. The van der Waals surface area contributed by atoms with Crippen LogP contribution < -0.4 is 11.1 Å². The number of nitrogen functional groups attached to an aromatic ring is 1. The number of nitrogens with one attached hydrogen (secondary N) is 1. The average Bonchev–Trinajstić information content (AvgIpc) is 2.62. The van der Waals surface area contributed by atoms with Crippen LogP contribution in [0, 0.1) is 6.92 Å². The van der Waals surface area contributed by atoms with E-state index in [4.69, 9.17) is 5.73 Å². The van der Waals surface area contributed by atoms with Gasteiger partial charge in [0.05, 0.1) is 0 Å². The number of nitrogens with zero attached hydrogens (tertiary/aromatic N) is 2. The monoisotopic (exact) mass is 238 g/mol. The van der Waals surface area contributed by atoms with Crippen LogP contribution in [0.4, 0.5) is 11.6 Å². The molecule has 3 N–H and O–H groups in total.